The van der Waals surface area contributed by atoms with Gasteiger partial charge in [-0.1, -0.05) is 43.3 Å². The molecule has 0 heterocycles. The number of carboxylic acid groups (broad SMARTS) is 1. The van der Waals surface area contributed by atoms with Crippen molar-refractivity contribution in [2.75, 3.05) is 6.61 Å². The highest BCUT2D eigenvalue weighted by Crippen LogP contribution is 2.26. The van der Waals surface area contributed by atoms with Crippen molar-refractivity contribution < 1.29 is 19.4 Å². The number of carbonyl (C=O) groups is 2. The van der Waals surface area contributed by atoms with E-state index in [1.54, 1.807) is 12.1 Å². The van der Waals surface area contributed by atoms with Gasteiger partial charge < -0.3 is 15.2 Å². The van der Waals surface area contributed by atoms with Gasteiger partial charge in [0.2, 0.25) is 5.91 Å². The van der Waals surface area contributed by atoms with Crippen LogP contribution in [0, 0.1) is 0 Å². The van der Waals surface area contributed by atoms with E-state index in [-0.39, 0.29) is 18.6 Å². The zero-order valence-corrected chi connectivity index (χ0v) is 16.3. The van der Waals surface area contributed by atoms with Crippen LogP contribution in [-0.2, 0) is 21.4 Å². The second-order valence-corrected chi connectivity index (χ2v) is 7.12. The topological polar surface area (TPSA) is 75.6 Å². The first-order valence-corrected chi connectivity index (χ1v) is 9.09. The van der Waals surface area contributed by atoms with Gasteiger partial charge in [-0.05, 0) is 56.0 Å². The summed E-state index contributed by atoms with van der Waals surface area (Å²) in [6.45, 7) is 7.47. The molecular formula is C22H27NO4. The first-order chi connectivity index (χ1) is 12.7. The van der Waals surface area contributed by atoms with Gasteiger partial charge in [0.25, 0.3) is 0 Å². The van der Waals surface area contributed by atoms with Gasteiger partial charge in [-0.3, -0.25) is 4.79 Å². The molecule has 0 bridgehead atoms. The maximum atomic E-state index is 12.8. The summed E-state index contributed by atoms with van der Waals surface area (Å²) >= 11 is 0. The molecule has 0 aliphatic rings. The van der Waals surface area contributed by atoms with Crippen LogP contribution in [0.15, 0.2) is 48.5 Å². The van der Waals surface area contributed by atoms with Crippen LogP contribution >= 0.6 is 0 Å². The Morgan fingerprint density at radius 2 is 1.67 bits per heavy atom. The Morgan fingerprint density at radius 3 is 2.19 bits per heavy atom. The molecule has 2 rings (SSSR count). The zero-order valence-electron chi connectivity index (χ0n) is 16.3. The molecule has 2 aromatic rings. The van der Waals surface area contributed by atoms with Crippen molar-refractivity contribution in [1.29, 1.82) is 0 Å². The number of hydrogen-bond donors (Lipinski definition) is 2. The molecule has 0 aliphatic heterocycles. The molecule has 0 radical (unpaired) electrons. The van der Waals surface area contributed by atoms with Crippen molar-refractivity contribution in [2.45, 2.75) is 45.6 Å². The molecule has 5 heteroatoms. The average Bonchev–Trinajstić information content (AvgIpc) is 2.66. The largest absolute Gasteiger partial charge is 0.482 e. The van der Waals surface area contributed by atoms with Crippen LogP contribution in [0.5, 0.6) is 5.75 Å². The smallest absolute Gasteiger partial charge is 0.341 e. The van der Waals surface area contributed by atoms with E-state index in [0.717, 1.165) is 17.5 Å². The summed E-state index contributed by atoms with van der Waals surface area (Å²) < 4.78 is 5.13. The van der Waals surface area contributed by atoms with Gasteiger partial charge in [0.1, 0.15) is 5.75 Å². The Morgan fingerprint density at radius 1 is 1.07 bits per heavy atom. The van der Waals surface area contributed by atoms with E-state index in [2.05, 4.69) is 24.4 Å². The Kier molecular flexibility index (Phi) is 6.61. The lowest BCUT2D eigenvalue weighted by molar-refractivity contribution is -0.139. The van der Waals surface area contributed by atoms with Crippen LogP contribution in [0.25, 0.3) is 0 Å². The molecule has 5 nitrogen and oxygen atoms in total. The monoisotopic (exact) mass is 369 g/mol. The SMILES string of the molecule is CCc1ccc(C(C)(C)C(=O)NC(C)c2ccc(OCC(=O)O)cc2)cc1. The van der Waals surface area contributed by atoms with Gasteiger partial charge in [-0.15, -0.1) is 0 Å². The molecule has 1 amide bonds. The Labute approximate surface area is 160 Å². The number of hydrogen-bond acceptors (Lipinski definition) is 3. The number of nitrogens with one attached hydrogen (secondary N) is 1. The molecule has 0 fully saturated rings. The zero-order chi connectivity index (χ0) is 20.0. The van der Waals surface area contributed by atoms with Crippen LogP contribution in [0.1, 0.15) is 50.4 Å². The number of benzene rings is 2. The fourth-order valence-electron chi connectivity index (χ4n) is 2.75. The van der Waals surface area contributed by atoms with E-state index >= 15 is 0 Å². The fraction of sp³-hybridized carbons (Fsp3) is 0.364. The third-order valence-corrected chi connectivity index (χ3v) is 4.74. The number of carbonyl (C=O) groups excluding carboxylic acids is 1. The lowest BCUT2D eigenvalue weighted by Crippen LogP contribution is -2.41. The van der Waals surface area contributed by atoms with Crippen molar-refractivity contribution in [3.8, 4) is 5.75 Å². The number of ether oxygens (including phenoxy) is 1. The number of amides is 1. The van der Waals surface area contributed by atoms with E-state index in [4.69, 9.17) is 9.84 Å². The molecule has 27 heavy (non-hydrogen) atoms. The van der Waals surface area contributed by atoms with Crippen molar-refractivity contribution in [1.82, 2.24) is 5.32 Å². The number of rotatable bonds is 8. The van der Waals surface area contributed by atoms with Gasteiger partial charge in [0.15, 0.2) is 6.61 Å². The minimum Gasteiger partial charge on any atom is -0.482 e. The summed E-state index contributed by atoms with van der Waals surface area (Å²) in [4.78, 5) is 23.4. The molecule has 0 aromatic heterocycles. The van der Waals surface area contributed by atoms with Gasteiger partial charge in [0.05, 0.1) is 11.5 Å². The molecule has 1 unspecified atom stereocenters. The van der Waals surface area contributed by atoms with Crippen molar-refractivity contribution in [3.05, 3.63) is 65.2 Å². The Hall–Kier alpha value is -2.82. The molecular weight excluding hydrogens is 342 g/mol. The number of carboxylic acids is 1. The number of aliphatic carboxylic acids is 1. The first-order valence-electron chi connectivity index (χ1n) is 9.09. The summed E-state index contributed by atoms with van der Waals surface area (Å²) in [5.41, 5.74) is 2.49. The van der Waals surface area contributed by atoms with Crippen LogP contribution in [0.4, 0.5) is 0 Å². The highest BCUT2D eigenvalue weighted by atomic mass is 16.5. The quantitative estimate of drug-likeness (QED) is 0.741. The second kappa shape index (κ2) is 8.71. The van der Waals surface area contributed by atoms with E-state index in [9.17, 15) is 9.59 Å². The first kappa shape index (κ1) is 20.5. The minimum absolute atomic E-state index is 0.0505. The molecule has 0 aliphatic carbocycles. The molecule has 144 valence electrons. The lowest BCUT2D eigenvalue weighted by Gasteiger charge is -2.27. The predicted molar refractivity (Wildman–Crippen MR) is 105 cm³/mol. The Bertz CT molecular complexity index is 779. The van der Waals surface area contributed by atoms with Gasteiger partial charge in [0, 0.05) is 0 Å². The summed E-state index contributed by atoms with van der Waals surface area (Å²) in [5.74, 6) is -0.588. The highest BCUT2D eigenvalue weighted by molar-refractivity contribution is 5.87. The van der Waals surface area contributed by atoms with Crippen molar-refractivity contribution >= 4 is 11.9 Å². The van der Waals surface area contributed by atoms with Crippen molar-refractivity contribution in [3.63, 3.8) is 0 Å². The number of aryl methyl sites for hydroxylation is 1. The summed E-state index contributed by atoms with van der Waals surface area (Å²) in [7, 11) is 0. The van der Waals surface area contributed by atoms with E-state index in [1.165, 1.54) is 5.56 Å². The molecule has 0 saturated carbocycles. The minimum atomic E-state index is -1.02. The van der Waals surface area contributed by atoms with Gasteiger partial charge in [-0.2, -0.15) is 0 Å². The standard InChI is InChI=1S/C22H27NO4/c1-5-16-6-10-18(11-7-16)22(3,4)21(26)23-15(2)17-8-12-19(13-9-17)27-14-20(24)25/h6-13,15H,5,14H2,1-4H3,(H,23,26)(H,24,25). The van der Waals surface area contributed by atoms with Crippen LogP contribution in [0.2, 0.25) is 0 Å². The summed E-state index contributed by atoms with van der Waals surface area (Å²) in [6.07, 6.45) is 0.968. The third-order valence-electron chi connectivity index (χ3n) is 4.74. The molecule has 2 aromatic carbocycles. The summed E-state index contributed by atoms with van der Waals surface area (Å²) in [6, 6.07) is 15.0. The highest BCUT2D eigenvalue weighted by Gasteiger charge is 2.30. The Balaban J connectivity index is 2.03. The normalized spacial score (nSPS) is 12.3. The fourth-order valence-corrected chi connectivity index (χ4v) is 2.75. The molecule has 2 N–H and O–H groups in total. The summed E-state index contributed by atoms with van der Waals surface area (Å²) in [5, 5.41) is 11.7. The third kappa shape index (κ3) is 5.33. The predicted octanol–water partition coefficient (Wildman–Crippen LogP) is 3.87. The van der Waals surface area contributed by atoms with Gasteiger partial charge >= 0.3 is 5.97 Å². The van der Waals surface area contributed by atoms with Crippen LogP contribution < -0.4 is 10.1 Å². The van der Waals surface area contributed by atoms with Gasteiger partial charge in [-0.25, -0.2) is 4.79 Å². The molecule has 0 spiro atoms. The van der Waals surface area contributed by atoms with E-state index < -0.39 is 11.4 Å². The maximum absolute atomic E-state index is 12.8. The molecule has 0 saturated heterocycles. The van der Waals surface area contributed by atoms with Crippen molar-refractivity contribution in [2.24, 2.45) is 0 Å². The van der Waals surface area contributed by atoms with Crippen LogP contribution in [-0.4, -0.2) is 23.6 Å². The molecule has 1 atom stereocenters. The second-order valence-electron chi connectivity index (χ2n) is 7.12. The van der Waals surface area contributed by atoms with Crippen LogP contribution in [0.3, 0.4) is 0 Å². The maximum Gasteiger partial charge on any atom is 0.341 e. The van der Waals surface area contributed by atoms with E-state index in [1.807, 2.05) is 45.0 Å². The average molecular weight is 369 g/mol. The lowest BCUT2D eigenvalue weighted by atomic mass is 9.83. The van der Waals surface area contributed by atoms with E-state index in [0.29, 0.717) is 5.75 Å².